The number of rotatable bonds is 6. The first kappa shape index (κ1) is 15.4. The van der Waals surface area contributed by atoms with Crippen molar-refractivity contribution in [2.24, 2.45) is 0 Å². The first-order chi connectivity index (χ1) is 9.61. The van der Waals surface area contributed by atoms with E-state index >= 15 is 0 Å². The molecule has 0 amide bonds. The Hall–Kier alpha value is -1.00. The lowest BCUT2D eigenvalue weighted by atomic mass is 10.2. The van der Waals surface area contributed by atoms with Crippen LogP contribution in [-0.2, 0) is 12.3 Å². The van der Waals surface area contributed by atoms with Crippen LogP contribution in [0.3, 0.4) is 0 Å². The van der Waals surface area contributed by atoms with Gasteiger partial charge in [-0.15, -0.1) is 10.2 Å². The summed E-state index contributed by atoms with van der Waals surface area (Å²) in [7, 11) is 0. The average molecular weight is 310 g/mol. The zero-order valence-electron chi connectivity index (χ0n) is 12.1. The van der Waals surface area contributed by atoms with Crippen molar-refractivity contribution in [1.29, 1.82) is 0 Å². The Balaban J connectivity index is 2.10. The molecule has 1 aromatic heterocycles. The van der Waals surface area contributed by atoms with E-state index in [0.29, 0.717) is 5.92 Å². The lowest BCUT2D eigenvalue weighted by Crippen LogP contribution is -2.06. The van der Waals surface area contributed by atoms with Crippen molar-refractivity contribution in [3.05, 3.63) is 40.7 Å². The van der Waals surface area contributed by atoms with Crippen molar-refractivity contribution in [2.45, 2.75) is 50.6 Å². The highest BCUT2D eigenvalue weighted by Crippen LogP contribution is 2.25. The van der Waals surface area contributed by atoms with E-state index in [1.807, 2.05) is 12.1 Å². The van der Waals surface area contributed by atoms with Crippen LogP contribution >= 0.6 is 23.4 Å². The Morgan fingerprint density at radius 2 is 1.90 bits per heavy atom. The van der Waals surface area contributed by atoms with Gasteiger partial charge in [-0.25, -0.2) is 0 Å². The van der Waals surface area contributed by atoms with E-state index in [-0.39, 0.29) is 0 Å². The summed E-state index contributed by atoms with van der Waals surface area (Å²) in [4.78, 5) is 0. The minimum absolute atomic E-state index is 0.402. The topological polar surface area (TPSA) is 30.7 Å². The van der Waals surface area contributed by atoms with Crippen LogP contribution in [0.15, 0.2) is 29.4 Å². The second-order valence-electron chi connectivity index (χ2n) is 5.06. The molecule has 1 aromatic carbocycles. The van der Waals surface area contributed by atoms with E-state index in [2.05, 4.69) is 47.7 Å². The maximum atomic E-state index is 5.90. The third-order valence-corrected chi connectivity index (χ3v) is 4.28. The molecule has 0 saturated heterocycles. The monoisotopic (exact) mass is 309 g/mol. The third-order valence-electron chi connectivity index (χ3n) is 2.99. The molecule has 0 bridgehead atoms. The summed E-state index contributed by atoms with van der Waals surface area (Å²) in [6.45, 7) is 7.47. The molecule has 5 heteroatoms. The number of benzene rings is 1. The second kappa shape index (κ2) is 7.14. The van der Waals surface area contributed by atoms with E-state index < -0.39 is 0 Å². The van der Waals surface area contributed by atoms with Gasteiger partial charge in [0.25, 0.3) is 0 Å². The molecule has 3 nitrogen and oxygen atoms in total. The summed E-state index contributed by atoms with van der Waals surface area (Å²) >= 11 is 7.63. The molecular formula is C15H20ClN3S. The lowest BCUT2D eigenvalue weighted by molar-refractivity contribution is 0.572. The van der Waals surface area contributed by atoms with Gasteiger partial charge in [0.1, 0.15) is 5.82 Å². The van der Waals surface area contributed by atoms with E-state index in [1.165, 1.54) is 5.56 Å². The molecule has 2 aromatic rings. The van der Waals surface area contributed by atoms with Gasteiger partial charge < -0.3 is 4.57 Å². The Morgan fingerprint density at radius 1 is 1.20 bits per heavy atom. The van der Waals surface area contributed by atoms with Gasteiger partial charge in [0.2, 0.25) is 0 Å². The molecule has 108 valence electrons. The fraction of sp³-hybridized carbons (Fsp3) is 0.467. The summed E-state index contributed by atoms with van der Waals surface area (Å²) in [6, 6.07) is 7.96. The third kappa shape index (κ3) is 3.76. The summed E-state index contributed by atoms with van der Waals surface area (Å²) in [5.41, 5.74) is 1.25. The quantitative estimate of drug-likeness (QED) is 0.721. The van der Waals surface area contributed by atoms with Gasteiger partial charge >= 0.3 is 0 Å². The number of nitrogens with zero attached hydrogens (tertiary/aromatic N) is 3. The van der Waals surface area contributed by atoms with Crippen molar-refractivity contribution in [2.75, 3.05) is 0 Å². The Labute approximate surface area is 129 Å². The molecule has 0 atom stereocenters. The Kier molecular flexibility index (Phi) is 5.49. The smallest absolute Gasteiger partial charge is 0.191 e. The summed E-state index contributed by atoms with van der Waals surface area (Å²) < 4.78 is 2.24. The van der Waals surface area contributed by atoms with E-state index in [0.717, 1.165) is 34.7 Å². The lowest BCUT2D eigenvalue weighted by Gasteiger charge is -2.10. The van der Waals surface area contributed by atoms with Gasteiger partial charge in [-0.2, -0.15) is 0 Å². The molecule has 1 heterocycles. The van der Waals surface area contributed by atoms with Crippen LogP contribution in [0.5, 0.6) is 0 Å². The molecule has 0 spiro atoms. The van der Waals surface area contributed by atoms with Crippen LogP contribution in [0.25, 0.3) is 0 Å². The predicted octanol–water partition coefficient (Wildman–Crippen LogP) is 4.76. The second-order valence-corrected chi connectivity index (χ2v) is 6.44. The number of aromatic nitrogens is 3. The van der Waals surface area contributed by atoms with Gasteiger partial charge in [0, 0.05) is 23.2 Å². The molecular weight excluding hydrogens is 290 g/mol. The van der Waals surface area contributed by atoms with Crippen LogP contribution in [0, 0.1) is 0 Å². The Morgan fingerprint density at radius 3 is 2.50 bits per heavy atom. The first-order valence-electron chi connectivity index (χ1n) is 6.92. The van der Waals surface area contributed by atoms with Crippen LogP contribution in [0.1, 0.15) is 44.5 Å². The van der Waals surface area contributed by atoms with Gasteiger partial charge in [-0.05, 0) is 24.1 Å². The fourth-order valence-electron chi connectivity index (χ4n) is 2.00. The van der Waals surface area contributed by atoms with Crippen molar-refractivity contribution < 1.29 is 0 Å². The van der Waals surface area contributed by atoms with Gasteiger partial charge in [0.05, 0.1) is 0 Å². The minimum atomic E-state index is 0.402. The normalized spacial score (nSPS) is 11.2. The molecule has 0 fully saturated rings. The first-order valence-corrected chi connectivity index (χ1v) is 8.28. The van der Waals surface area contributed by atoms with E-state index in [1.54, 1.807) is 11.8 Å². The molecule has 0 N–H and O–H groups in total. The summed E-state index contributed by atoms with van der Waals surface area (Å²) in [6.07, 6.45) is 1.09. The number of hydrogen-bond donors (Lipinski definition) is 0. The van der Waals surface area contributed by atoms with Crippen LogP contribution in [-0.4, -0.2) is 14.8 Å². The van der Waals surface area contributed by atoms with Crippen LogP contribution < -0.4 is 0 Å². The summed E-state index contributed by atoms with van der Waals surface area (Å²) in [5.74, 6) is 2.36. The molecule has 0 aliphatic rings. The Bertz CT molecular complexity index is 549. The standard InChI is InChI=1S/C15H20ClN3S/c1-4-9-19-14(11(2)3)17-18-15(19)20-10-12-5-7-13(16)8-6-12/h5-8,11H,4,9-10H2,1-3H3. The highest BCUT2D eigenvalue weighted by atomic mass is 35.5. The zero-order valence-corrected chi connectivity index (χ0v) is 13.7. The van der Waals surface area contributed by atoms with Gasteiger partial charge in [-0.1, -0.05) is 56.3 Å². The largest absolute Gasteiger partial charge is 0.306 e. The van der Waals surface area contributed by atoms with Gasteiger partial charge in [0.15, 0.2) is 5.16 Å². The zero-order chi connectivity index (χ0) is 14.5. The van der Waals surface area contributed by atoms with Crippen molar-refractivity contribution >= 4 is 23.4 Å². The molecule has 0 unspecified atom stereocenters. The van der Waals surface area contributed by atoms with Gasteiger partial charge in [-0.3, -0.25) is 0 Å². The SMILES string of the molecule is CCCn1c(SCc2ccc(Cl)cc2)nnc1C(C)C. The van der Waals surface area contributed by atoms with E-state index in [4.69, 9.17) is 11.6 Å². The van der Waals surface area contributed by atoms with Crippen LogP contribution in [0.2, 0.25) is 5.02 Å². The number of hydrogen-bond acceptors (Lipinski definition) is 3. The minimum Gasteiger partial charge on any atom is -0.306 e. The molecule has 20 heavy (non-hydrogen) atoms. The van der Waals surface area contributed by atoms with Crippen molar-refractivity contribution in [3.63, 3.8) is 0 Å². The maximum Gasteiger partial charge on any atom is 0.191 e. The maximum absolute atomic E-state index is 5.90. The molecule has 0 radical (unpaired) electrons. The number of halogens is 1. The van der Waals surface area contributed by atoms with Crippen molar-refractivity contribution in [1.82, 2.24) is 14.8 Å². The molecule has 0 aliphatic heterocycles. The van der Waals surface area contributed by atoms with Crippen LogP contribution in [0.4, 0.5) is 0 Å². The molecule has 0 saturated carbocycles. The fourth-order valence-corrected chi connectivity index (χ4v) is 3.05. The highest BCUT2D eigenvalue weighted by molar-refractivity contribution is 7.98. The number of thioether (sulfide) groups is 1. The summed E-state index contributed by atoms with van der Waals surface area (Å²) in [5, 5.41) is 10.4. The molecule has 2 rings (SSSR count). The highest BCUT2D eigenvalue weighted by Gasteiger charge is 2.14. The van der Waals surface area contributed by atoms with Crippen molar-refractivity contribution in [3.8, 4) is 0 Å². The average Bonchev–Trinajstić information content (AvgIpc) is 2.82. The predicted molar refractivity (Wildman–Crippen MR) is 85.4 cm³/mol. The van der Waals surface area contributed by atoms with E-state index in [9.17, 15) is 0 Å². The molecule has 0 aliphatic carbocycles.